The highest BCUT2D eigenvalue weighted by atomic mass is 32.1. The zero-order valence-electron chi connectivity index (χ0n) is 17.6. The molecule has 1 amide bonds. The summed E-state index contributed by atoms with van der Waals surface area (Å²) in [6.45, 7) is 3.95. The monoisotopic (exact) mass is 447 g/mol. The lowest BCUT2D eigenvalue weighted by Crippen LogP contribution is -2.37. The summed E-state index contributed by atoms with van der Waals surface area (Å²) in [5.41, 5.74) is 1.75. The molecule has 0 aliphatic carbocycles. The molecule has 0 atom stereocenters. The second-order valence-electron chi connectivity index (χ2n) is 7.30. The number of thiophene rings is 1. The summed E-state index contributed by atoms with van der Waals surface area (Å²) in [7, 11) is 0. The summed E-state index contributed by atoms with van der Waals surface area (Å²) in [6.07, 6.45) is 0. The number of aromatic nitrogens is 2. The Hall–Kier alpha value is -3.78. The van der Waals surface area contributed by atoms with E-state index in [1.165, 1.54) is 9.95 Å². The lowest BCUT2D eigenvalue weighted by atomic mass is 10.1. The number of amides is 1. The number of carbonyl (C=O) groups is 2. The lowest BCUT2D eigenvalue weighted by Gasteiger charge is -2.22. The van der Waals surface area contributed by atoms with Crippen LogP contribution >= 0.6 is 11.3 Å². The lowest BCUT2D eigenvalue weighted by molar-refractivity contribution is -0.119. The Balaban J connectivity index is 1.89. The Morgan fingerprint density at radius 1 is 1.12 bits per heavy atom. The molecule has 8 heteroatoms. The number of rotatable bonds is 6. The maximum Gasteiger partial charge on any atom is 0.337 e. The zero-order chi connectivity index (χ0) is 22.8. The highest BCUT2D eigenvalue weighted by Crippen LogP contribution is 2.26. The average Bonchev–Trinajstić information content (AvgIpc) is 3.21. The van der Waals surface area contributed by atoms with Crippen LogP contribution < -0.4 is 10.5 Å². The molecule has 162 valence electrons. The van der Waals surface area contributed by atoms with Crippen molar-refractivity contribution in [3.8, 4) is 11.4 Å². The van der Waals surface area contributed by atoms with E-state index in [0.717, 1.165) is 22.6 Å². The molecule has 4 rings (SSSR count). The first-order valence-corrected chi connectivity index (χ1v) is 11.0. The topological polar surface area (TPSA) is 92.5 Å². The van der Waals surface area contributed by atoms with Crippen LogP contribution in [0.1, 0.15) is 22.8 Å². The largest absolute Gasteiger partial charge is 0.478 e. The molecule has 2 aromatic carbocycles. The molecule has 0 unspecified atom stereocenters. The third-order valence-electron chi connectivity index (χ3n) is 5.18. The van der Waals surface area contributed by atoms with Crippen molar-refractivity contribution >= 4 is 39.1 Å². The molecule has 0 fully saturated rings. The number of aryl methyl sites for hydroxylation is 1. The van der Waals surface area contributed by atoms with E-state index in [0.29, 0.717) is 22.8 Å². The standard InChI is InChI=1S/C24H21N3O4S/c1-3-26(17-10-5-4-6-11-17)19(28)13-27-21(16-9-7-8-15(2)12-16)25-22-20(23(27)29)18(14-32-22)24(30)31/h4-12,14H,3,13H2,1-2H3,(H,30,31). The van der Waals surface area contributed by atoms with Crippen LogP contribution in [-0.4, -0.2) is 33.1 Å². The van der Waals surface area contributed by atoms with E-state index in [1.807, 2.05) is 68.4 Å². The second kappa shape index (κ2) is 8.76. The van der Waals surface area contributed by atoms with Crippen LogP contribution in [0.25, 0.3) is 21.6 Å². The minimum atomic E-state index is -1.20. The number of fused-ring (bicyclic) bond motifs is 1. The molecular weight excluding hydrogens is 426 g/mol. The van der Waals surface area contributed by atoms with Crippen LogP contribution in [0.2, 0.25) is 0 Å². The Kier molecular flexibility index (Phi) is 5.87. The first kappa shape index (κ1) is 21.5. The Bertz CT molecular complexity index is 1380. The van der Waals surface area contributed by atoms with E-state index >= 15 is 0 Å². The number of hydrogen-bond acceptors (Lipinski definition) is 5. The van der Waals surface area contributed by atoms with Crippen LogP contribution in [-0.2, 0) is 11.3 Å². The number of nitrogens with zero attached hydrogens (tertiary/aromatic N) is 3. The van der Waals surface area contributed by atoms with Crippen LogP contribution in [0, 0.1) is 6.92 Å². The Morgan fingerprint density at radius 2 is 1.88 bits per heavy atom. The van der Waals surface area contributed by atoms with Gasteiger partial charge in [-0.1, -0.05) is 42.0 Å². The summed E-state index contributed by atoms with van der Waals surface area (Å²) in [6, 6.07) is 16.7. The van der Waals surface area contributed by atoms with Crippen molar-refractivity contribution in [1.29, 1.82) is 0 Å². The quantitative estimate of drug-likeness (QED) is 0.479. The maximum absolute atomic E-state index is 13.5. The van der Waals surface area contributed by atoms with Gasteiger partial charge in [0.2, 0.25) is 5.91 Å². The van der Waals surface area contributed by atoms with E-state index in [-0.39, 0.29) is 23.4 Å². The molecule has 4 aromatic rings. The molecule has 32 heavy (non-hydrogen) atoms. The first-order chi connectivity index (χ1) is 15.4. The van der Waals surface area contributed by atoms with Gasteiger partial charge in [-0.15, -0.1) is 11.3 Å². The van der Waals surface area contributed by atoms with Gasteiger partial charge in [-0.05, 0) is 32.0 Å². The highest BCUT2D eigenvalue weighted by molar-refractivity contribution is 7.17. The number of benzene rings is 2. The third-order valence-corrected chi connectivity index (χ3v) is 6.05. The number of anilines is 1. The van der Waals surface area contributed by atoms with Gasteiger partial charge in [-0.3, -0.25) is 14.2 Å². The SMILES string of the molecule is CCN(C(=O)Cn1c(-c2cccc(C)c2)nc2scc(C(=O)O)c2c1=O)c1ccccc1. The number of likely N-dealkylation sites (N-methyl/N-ethyl adjacent to an activating group) is 1. The maximum atomic E-state index is 13.5. The number of aromatic carboxylic acids is 1. The van der Waals surface area contributed by atoms with Crippen molar-refractivity contribution in [3.63, 3.8) is 0 Å². The first-order valence-electron chi connectivity index (χ1n) is 10.1. The number of carboxylic acids is 1. The van der Waals surface area contributed by atoms with Crippen molar-refractivity contribution < 1.29 is 14.7 Å². The fraction of sp³-hybridized carbons (Fsp3) is 0.167. The van der Waals surface area contributed by atoms with E-state index in [1.54, 1.807) is 4.90 Å². The smallest absolute Gasteiger partial charge is 0.337 e. The molecule has 7 nitrogen and oxygen atoms in total. The van der Waals surface area contributed by atoms with Gasteiger partial charge < -0.3 is 10.0 Å². The summed E-state index contributed by atoms with van der Waals surface area (Å²) in [5.74, 6) is -1.15. The summed E-state index contributed by atoms with van der Waals surface area (Å²) in [5, 5.41) is 11.0. The molecule has 0 aliphatic rings. The number of para-hydroxylation sites is 1. The molecule has 0 bridgehead atoms. The molecule has 0 radical (unpaired) electrons. The predicted molar refractivity (Wildman–Crippen MR) is 125 cm³/mol. The van der Waals surface area contributed by atoms with Crippen LogP contribution in [0.5, 0.6) is 0 Å². The third kappa shape index (κ3) is 3.92. The van der Waals surface area contributed by atoms with E-state index in [9.17, 15) is 19.5 Å². The van der Waals surface area contributed by atoms with Gasteiger partial charge in [0.15, 0.2) is 0 Å². The molecule has 1 N–H and O–H groups in total. The molecule has 2 heterocycles. The van der Waals surface area contributed by atoms with Gasteiger partial charge in [0.1, 0.15) is 17.2 Å². The van der Waals surface area contributed by atoms with Crippen molar-refractivity contribution in [2.45, 2.75) is 20.4 Å². The van der Waals surface area contributed by atoms with Crippen molar-refractivity contribution in [2.75, 3.05) is 11.4 Å². The van der Waals surface area contributed by atoms with Crippen molar-refractivity contribution in [3.05, 3.63) is 81.5 Å². The van der Waals surface area contributed by atoms with Gasteiger partial charge in [0.05, 0.1) is 10.9 Å². The molecule has 2 aromatic heterocycles. The molecular formula is C24H21N3O4S. The number of hydrogen-bond donors (Lipinski definition) is 1. The van der Waals surface area contributed by atoms with Gasteiger partial charge >= 0.3 is 5.97 Å². The Labute approximate surface area is 188 Å². The number of carbonyl (C=O) groups excluding carboxylic acids is 1. The van der Waals surface area contributed by atoms with Crippen LogP contribution in [0.15, 0.2) is 64.8 Å². The summed E-state index contributed by atoms with van der Waals surface area (Å²) >= 11 is 1.10. The molecule has 0 saturated heterocycles. The number of carboxylic acid groups (broad SMARTS) is 1. The molecule has 0 aliphatic heterocycles. The molecule has 0 spiro atoms. The van der Waals surface area contributed by atoms with Crippen LogP contribution in [0.4, 0.5) is 5.69 Å². The van der Waals surface area contributed by atoms with Gasteiger partial charge in [0.25, 0.3) is 5.56 Å². The minimum absolute atomic E-state index is 0.0227. The van der Waals surface area contributed by atoms with Gasteiger partial charge in [-0.2, -0.15) is 0 Å². The van der Waals surface area contributed by atoms with E-state index in [2.05, 4.69) is 4.98 Å². The minimum Gasteiger partial charge on any atom is -0.478 e. The predicted octanol–water partition coefficient (Wildman–Crippen LogP) is 4.18. The highest BCUT2D eigenvalue weighted by Gasteiger charge is 2.23. The molecule has 0 saturated carbocycles. The van der Waals surface area contributed by atoms with Gasteiger partial charge in [-0.25, -0.2) is 9.78 Å². The fourth-order valence-electron chi connectivity index (χ4n) is 3.66. The second-order valence-corrected chi connectivity index (χ2v) is 8.16. The van der Waals surface area contributed by atoms with Crippen molar-refractivity contribution in [2.24, 2.45) is 0 Å². The normalized spacial score (nSPS) is 10.9. The summed E-state index contributed by atoms with van der Waals surface area (Å²) in [4.78, 5) is 44.9. The van der Waals surface area contributed by atoms with E-state index in [4.69, 9.17) is 0 Å². The summed E-state index contributed by atoms with van der Waals surface area (Å²) < 4.78 is 1.28. The van der Waals surface area contributed by atoms with Gasteiger partial charge in [0, 0.05) is 23.2 Å². The van der Waals surface area contributed by atoms with E-state index < -0.39 is 11.5 Å². The average molecular weight is 448 g/mol. The van der Waals surface area contributed by atoms with Crippen molar-refractivity contribution in [1.82, 2.24) is 9.55 Å². The zero-order valence-corrected chi connectivity index (χ0v) is 18.4. The van der Waals surface area contributed by atoms with Crippen LogP contribution in [0.3, 0.4) is 0 Å². The fourth-order valence-corrected chi connectivity index (χ4v) is 4.57. The Morgan fingerprint density at radius 3 is 2.53 bits per heavy atom.